The fourth-order valence-electron chi connectivity index (χ4n) is 1.48. The summed E-state index contributed by atoms with van der Waals surface area (Å²) in [6.07, 6.45) is 0. The molecule has 0 aliphatic rings. The molecule has 1 N–H and O–H groups in total. The van der Waals surface area contributed by atoms with E-state index in [9.17, 15) is 4.79 Å². The van der Waals surface area contributed by atoms with Gasteiger partial charge in [0.15, 0.2) is 4.34 Å². The molecule has 0 saturated heterocycles. The van der Waals surface area contributed by atoms with Gasteiger partial charge in [-0.15, -0.1) is 11.3 Å². The Hall–Kier alpha value is -1.05. The molecule has 1 aromatic carbocycles. The van der Waals surface area contributed by atoms with Gasteiger partial charge in [0.2, 0.25) is 0 Å². The number of nitrogens with zero attached hydrogens (tertiary/aromatic N) is 1. The Morgan fingerprint density at radius 2 is 2.35 bits per heavy atom. The molecule has 0 saturated carbocycles. The number of carboxylic acids is 1. The first kappa shape index (κ1) is 15.3. The highest BCUT2D eigenvalue weighted by atomic mass is 79.9. The average molecular weight is 374 g/mol. The highest BCUT2D eigenvalue weighted by Gasteiger charge is 2.13. The van der Waals surface area contributed by atoms with E-state index in [4.69, 9.17) is 9.84 Å². The van der Waals surface area contributed by atoms with Crippen molar-refractivity contribution >= 4 is 45.0 Å². The highest BCUT2D eigenvalue weighted by molar-refractivity contribution is 9.10. The standard InChI is InChI=1S/C13H12BrNO3S2/c1-8-11(12(16)17)20-13(15-8)19-6-5-18-10-4-2-3-9(14)7-10/h2-4,7H,5-6H2,1H3,(H,16,17). The van der Waals surface area contributed by atoms with Gasteiger partial charge in [0, 0.05) is 10.2 Å². The van der Waals surface area contributed by atoms with Crippen LogP contribution in [0.2, 0.25) is 0 Å². The first-order valence-electron chi connectivity index (χ1n) is 5.78. The Kier molecular flexibility index (Phi) is 5.45. The van der Waals surface area contributed by atoms with Gasteiger partial charge >= 0.3 is 5.97 Å². The number of aromatic nitrogens is 1. The third-order valence-corrected chi connectivity index (χ3v) is 5.09. The molecule has 2 rings (SSSR count). The Bertz CT molecular complexity index is 615. The second kappa shape index (κ2) is 7.10. The lowest BCUT2D eigenvalue weighted by atomic mass is 10.3. The number of rotatable bonds is 6. The Morgan fingerprint density at radius 3 is 3.00 bits per heavy atom. The summed E-state index contributed by atoms with van der Waals surface area (Å²) in [6.45, 7) is 2.25. The molecule has 0 atom stereocenters. The number of hydrogen-bond donors (Lipinski definition) is 1. The summed E-state index contributed by atoms with van der Waals surface area (Å²) in [5.41, 5.74) is 0.568. The van der Waals surface area contributed by atoms with E-state index in [1.807, 2.05) is 24.3 Å². The second-order valence-corrected chi connectivity index (χ2v) is 7.11. The van der Waals surface area contributed by atoms with E-state index in [2.05, 4.69) is 20.9 Å². The number of aryl methyl sites for hydroxylation is 1. The number of aromatic carboxylic acids is 1. The van der Waals surface area contributed by atoms with Crippen molar-refractivity contribution in [2.24, 2.45) is 0 Å². The van der Waals surface area contributed by atoms with Crippen LogP contribution in [0.1, 0.15) is 15.4 Å². The molecule has 0 bridgehead atoms. The number of halogens is 1. The Labute approximate surface area is 133 Å². The molecule has 20 heavy (non-hydrogen) atoms. The summed E-state index contributed by atoms with van der Waals surface area (Å²) in [5.74, 6) is 0.608. The minimum atomic E-state index is -0.919. The smallest absolute Gasteiger partial charge is 0.347 e. The van der Waals surface area contributed by atoms with Crippen molar-refractivity contribution in [3.05, 3.63) is 39.3 Å². The van der Waals surface area contributed by atoms with Crippen molar-refractivity contribution in [3.63, 3.8) is 0 Å². The van der Waals surface area contributed by atoms with Crippen molar-refractivity contribution in [2.75, 3.05) is 12.4 Å². The second-order valence-electron chi connectivity index (χ2n) is 3.85. The maximum absolute atomic E-state index is 10.9. The van der Waals surface area contributed by atoms with Gasteiger partial charge in [0.1, 0.15) is 10.6 Å². The van der Waals surface area contributed by atoms with E-state index in [-0.39, 0.29) is 0 Å². The fraction of sp³-hybridized carbons (Fsp3) is 0.231. The SMILES string of the molecule is Cc1nc(SCCOc2cccc(Br)c2)sc1C(=O)O. The summed E-state index contributed by atoms with van der Waals surface area (Å²) in [7, 11) is 0. The minimum absolute atomic E-state index is 0.306. The third kappa shape index (κ3) is 4.22. The molecular formula is C13H12BrNO3S2. The van der Waals surface area contributed by atoms with Crippen molar-refractivity contribution < 1.29 is 14.6 Å². The molecule has 0 fully saturated rings. The molecule has 0 spiro atoms. The number of thiazole rings is 1. The van der Waals surface area contributed by atoms with Crippen LogP contribution >= 0.6 is 39.0 Å². The molecule has 0 amide bonds. The van der Waals surface area contributed by atoms with Gasteiger partial charge in [-0.3, -0.25) is 0 Å². The molecule has 2 aromatic rings. The number of thioether (sulfide) groups is 1. The van der Waals surface area contributed by atoms with Crippen molar-refractivity contribution in [1.29, 1.82) is 0 Å². The summed E-state index contributed by atoms with van der Waals surface area (Å²) in [6, 6.07) is 7.65. The van der Waals surface area contributed by atoms with Crippen molar-refractivity contribution in [2.45, 2.75) is 11.3 Å². The van der Waals surface area contributed by atoms with Crippen LogP contribution in [0.3, 0.4) is 0 Å². The summed E-state index contributed by atoms with van der Waals surface area (Å²) >= 11 is 6.09. The zero-order valence-electron chi connectivity index (χ0n) is 10.6. The first-order valence-corrected chi connectivity index (χ1v) is 8.37. The van der Waals surface area contributed by atoms with Crippen LogP contribution in [-0.2, 0) is 0 Å². The minimum Gasteiger partial charge on any atom is -0.493 e. The Balaban J connectivity index is 1.81. The van der Waals surface area contributed by atoms with Gasteiger partial charge in [-0.25, -0.2) is 9.78 Å². The van der Waals surface area contributed by atoms with E-state index >= 15 is 0 Å². The summed E-state index contributed by atoms with van der Waals surface area (Å²) in [4.78, 5) is 15.4. The first-order chi connectivity index (χ1) is 9.56. The van der Waals surface area contributed by atoms with Gasteiger partial charge in [0.05, 0.1) is 12.3 Å². The normalized spacial score (nSPS) is 10.5. The zero-order valence-corrected chi connectivity index (χ0v) is 13.8. The Morgan fingerprint density at radius 1 is 1.55 bits per heavy atom. The molecule has 0 aliphatic heterocycles. The summed E-state index contributed by atoms with van der Waals surface area (Å²) in [5, 5.41) is 8.96. The molecule has 7 heteroatoms. The van der Waals surface area contributed by atoms with Crippen LogP contribution < -0.4 is 4.74 Å². The van der Waals surface area contributed by atoms with Gasteiger partial charge in [0.25, 0.3) is 0 Å². The van der Waals surface area contributed by atoms with Crippen LogP contribution in [0.4, 0.5) is 0 Å². The number of carboxylic acid groups (broad SMARTS) is 1. The lowest BCUT2D eigenvalue weighted by Crippen LogP contribution is -1.99. The zero-order chi connectivity index (χ0) is 14.5. The van der Waals surface area contributed by atoms with E-state index in [0.717, 1.165) is 20.3 Å². The van der Waals surface area contributed by atoms with Crippen molar-refractivity contribution in [1.82, 2.24) is 4.98 Å². The van der Waals surface area contributed by atoms with E-state index in [1.165, 1.54) is 23.1 Å². The number of ether oxygens (including phenoxy) is 1. The molecule has 1 aromatic heterocycles. The topological polar surface area (TPSA) is 59.4 Å². The predicted octanol–water partition coefficient (Wildman–Crippen LogP) is 4.08. The molecule has 0 radical (unpaired) electrons. The lowest BCUT2D eigenvalue weighted by molar-refractivity contribution is 0.0701. The molecule has 0 aliphatic carbocycles. The van der Waals surface area contributed by atoms with Crippen LogP contribution in [0.5, 0.6) is 5.75 Å². The fourth-order valence-corrected chi connectivity index (χ4v) is 3.77. The quantitative estimate of drug-likeness (QED) is 0.610. The lowest BCUT2D eigenvalue weighted by Gasteiger charge is -2.05. The monoisotopic (exact) mass is 373 g/mol. The number of hydrogen-bond acceptors (Lipinski definition) is 5. The van der Waals surface area contributed by atoms with Gasteiger partial charge < -0.3 is 9.84 Å². The highest BCUT2D eigenvalue weighted by Crippen LogP contribution is 2.27. The molecule has 0 unspecified atom stereocenters. The number of carbonyl (C=O) groups is 1. The molecule has 4 nitrogen and oxygen atoms in total. The molecule has 106 valence electrons. The van der Waals surface area contributed by atoms with Crippen LogP contribution in [0.25, 0.3) is 0 Å². The van der Waals surface area contributed by atoms with Crippen LogP contribution in [0.15, 0.2) is 33.1 Å². The molecule has 1 heterocycles. The van der Waals surface area contributed by atoms with E-state index in [0.29, 0.717) is 17.2 Å². The number of benzene rings is 1. The largest absolute Gasteiger partial charge is 0.493 e. The van der Waals surface area contributed by atoms with E-state index in [1.54, 1.807) is 6.92 Å². The predicted molar refractivity (Wildman–Crippen MR) is 84.2 cm³/mol. The van der Waals surface area contributed by atoms with Gasteiger partial charge in [-0.2, -0.15) is 0 Å². The van der Waals surface area contributed by atoms with Gasteiger partial charge in [-0.1, -0.05) is 33.8 Å². The maximum atomic E-state index is 10.9. The van der Waals surface area contributed by atoms with Crippen LogP contribution in [0, 0.1) is 6.92 Å². The van der Waals surface area contributed by atoms with Crippen molar-refractivity contribution in [3.8, 4) is 5.75 Å². The van der Waals surface area contributed by atoms with E-state index < -0.39 is 5.97 Å². The van der Waals surface area contributed by atoms with Crippen LogP contribution in [-0.4, -0.2) is 28.4 Å². The third-order valence-electron chi connectivity index (χ3n) is 2.34. The maximum Gasteiger partial charge on any atom is 0.347 e. The average Bonchev–Trinajstić information content (AvgIpc) is 2.76. The molecular weight excluding hydrogens is 362 g/mol. The summed E-state index contributed by atoms with van der Waals surface area (Å²) < 4.78 is 7.34. The van der Waals surface area contributed by atoms with Gasteiger partial charge in [-0.05, 0) is 25.1 Å².